The van der Waals surface area contributed by atoms with Gasteiger partial charge in [0.15, 0.2) is 0 Å². The van der Waals surface area contributed by atoms with E-state index >= 15 is 0 Å². The normalized spacial score (nSPS) is 13.5. The lowest BCUT2D eigenvalue weighted by Gasteiger charge is -2.34. The van der Waals surface area contributed by atoms with Crippen LogP contribution in [-0.2, 0) is 4.74 Å². The molecule has 2 heteroatoms. The molecule has 134 valence electrons. The van der Waals surface area contributed by atoms with Crippen LogP contribution in [0.5, 0.6) is 0 Å². The van der Waals surface area contributed by atoms with Gasteiger partial charge in [0, 0.05) is 12.5 Å². The molecule has 0 heterocycles. The Morgan fingerprint density at radius 3 is 1.77 bits per heavy atom. The SMILES string of the molecule is CCCCCCCCC(CCCCCCCl)C(C)(C)OCC. The summed E-state index contributed by atoms with van der Waals surface area (Å²) in [4.78, 5) is 0. The van der Waals surface area contributed by atoms with Crippen LogP contribution in [0.1, 0.15) is 105 Å². The number of unbranched alkanes of at least 4 members (excludes halogenated alkanes) is 8. The van der Waals surface area contributed by atoms with E-state index in [1.54, 1.807) is 0 Å². The fourth-order valence-corrected chi connectivity index (χ4v) is 3.53. The van der Waals surface area contributed by atoms with E-state index < -0.39 is 0 Å². The highest BCUT2D eigenvalue weighted by atomic mass is 35.5. The van der Waals surface area contributed by atoms with Crippen molar-refractivity contribution in [2.24, 2.45) is 5.92 Å². The maximum absolute atomic E-state index is 6.04. The molecule has 0 aliphatic rings. The van der Waals surface area contributed by atoms with Crippen LogP contribution in [0.4, 0.5) is 0 Å². The third kappa shape index (κ3) is 11.8. The Bertz CT molecular complexity index is 228. The van der Waals surface area contributed by atoms with Gasteiger partial charge in [-0.25, -0.2) is 0 Å². The lowest BCUT2D eigenvalue weighted by atomic mass is 9.82. The zero-order chi connectivity index (χ0) is 16.7. The van der Waals surface area contributed by atoms with Crippen molar-refractivity contribution >= 4 is 11.6 Å². The summed E-state index contributed by atoms with van der Waals surface area (Å²) >= 11 is 5.76. The first-order chi connectivity index (χ1) is 10.6. The highest BCUT2D eigenvalue weighted by molar-refractivity contribution is 6.17. The van der Waals surface area contributed by atoms with E-state index in [0.29, 0.717) is 5.92 Å². The molecule has 0 aliphatic carbocycles. The predicted octanol–water partition coefficient (Wildman–Crippen LogP) is 7.36. The fraction of sp³-hybridized carbons (Fsp3) is 1.00. The van der Waals surface area contributed by atoms with Crippen LogP contribution in [-0.4, -0.2) is 18.1 Å². The first-order valence-electron chi connectivity index (χ1n) is 9.78. The van der Waals surface area contributed by atoms with Gasteiger partial charge in [0.1, 0.15) is 0 Å². The van der Waals surface area contributed by atoms with Gasteiger partial charge in [0.2, 0.25) is 0 Å². The zero-order valence-electron chi connectivity index (χ0n) is 15.8. The third-order valence-corrected chi connectivity index (χ3v) is 5.11. The van der Waals surface area contributed by atoms with Gasteiger partial charge in [-0.1, -0.05) is 64.7 Å². The van der Waals surface area contributed by atoms with E-state index in [1.165, 1.54) is 77.0 Å². The number of hydrogen-bond donors (Lipinski definition) is 0. The molecule has 0 spiro atoms. The summed E-state index contributed by atoms with van der Waals surface area (Å²) < 4.78 is 6.04. The Kier molecular flexibility index (Phi) is 15.0. The van der Waals surface area contributed by atoms with Crippen LogP contribution in [0.3, 0.4) is 0 Å². The van der Waals surface area contributed by atoms with Crippen molar-refractivity contribution in [2.45, 2.75) is 110 Å². The van der Waals surface area contributed by atoms with Crippen molar-refractivity contribution in [2.75, 3.05) is 12.5 Å². The minimum absolute atomic E-state index is 0.0324. The van der Waals surface area contributed by atoms with Gasteiger partial charge in [-0.05, 0) is 46.0 Å². The van der Waals surface area contributed by atoms with Gasteiger partial charge < -0.3 is 4.74 Å². The summed E-state index contributed by atoms with van der Waals surface area (Å²) in [6.45, 7) is 9.80. The maximum atomic E-state index is 6.04. The zero-order valence-corrected chi connectivity index (χ0v) is 16.5. The van der Waals surface area contributed by atoms with Gasteiger partial charge in [0.05, 0.1) is 5.60 Å². The minimum Gasteiger partial charge on any atom is -0.376 e. The van der Waals surface area contributed by atoms with Gasteiger partial charge >= 0.3 is 0 Å². The Hall–Kier alpha value is 0.250. The minimum atomic E-state index is 0.0324. The second-order valence-electron chi connectivity index (χ2n) is 7.18. The molecule has 0 rings (SSSR count). The quantitative estimate of drug-likeness (QED) is 0.212. The standard InChI is InChI=1S/C20H41ClO/c1-5-7-8-9-10-13-16-19(20(3,4)22-6-2)17-14-11-12-15-18-21/h19H,5-18H2,1-4H3. The summed E-state index contributed by atoms with van der Waals surface area (Å²) in [6.07, 6.45) is 16.0. The second kappa shape index (κ2) is 14.8. The monoisotopic (exact) mass is 332 g/mol. The summed E-state index contributed by atoms with van der Waals surface area (Å²) in [5.41, 5.74) is 0.0324. The molecule has 0 aromatic rings. The van der Waals surface area contributed by atoms with Gasteiger partial charge in [-0.2, -0.15) is 0 Å². The van der Waals surface area contributed by atoms with Gasteiger partial charge in [0.25, 0.3) is 0 Å². The number of rotatable bonds is 16. The molecule has 0 aromatic carbocycles. The van der Waals surface area contributed by atoms with Crippen molar-refractivity contribution in [1.82, 2.24) is 0 Å². The number of hydrogen-bond acceptors (Lipinski definition) is 1. The molecule has 0 aliphatic heterocycles. The highest BCUT2D eigenvalue weighted by Gasteiger charge is 2.28. The lowest BCUT2D eigenvalue weighted by Crippen LogP contribution is -2.34. The maximum Gasteiger partial charge on any atom is 0.0654 e. The van der Waals surface area contributed by atoms with E-state index in [-0.39, 0.29) is 5.60 Å². The van der Waals surface area contributed by atoms with E-state index in [9.17, 15) is 0 Å². The highest BCUT2D eigenvalue weighted by Crippen LogP contribution is 2.31. The van der Waals surface area contributed by atoms with Crippen molar-refractivity contribution in [1.29, 1.82) is 0 Å². The molecule has 0 radical (unpaired) electrons. The Morgan fingerprint density at radius 1 is 0.773 bits per heavy atom. The fourth-order valence-electron chi connectivity index (χ4n) is 3.34. The number of alkyl halides is 1. The largest absolute Gasteiger partial charge is 0.376 e. The smallest absolute Gasteiger partial charge is 0.0654 e. The first kappa shape index (κ1) is 22.2. The summed E-state index contributed by atoms with van der Waals surface area (Å²) in [7, 11) is 0. The van der Waals surface area contributed by atoms with E-state index in [0.717, 1.165) is 12.5 Å². The van der Waals surface area contributed by atoms with E-state index in [4.69, 9.17) is 16.3 Å². The van der Waals surface area contributed by atoms with Crippen molar-refractivity contribution in [3.05, 3.63) is 0 Å². The molecule has 0 saturated carbocycles. The predicted molar refractivity (Wildman–Crippen MR) is 101 cm³/mol. The molecule has 1 unspecified atom stereocenters. The van der Waals surface area contributed by atoms with Crippen LogP contribution >= 0.6 is 11.6 Å². The molecule has 0 bridgehead atoms. The van der Waals surface area contributed by atoms with Crippen molar-refractivity contribution < 1.29 is 4.74 Å². The topological polar surface area (TPSA) is 9.23 Å². The molecule has 0 amide bonds. The van der Waals surface area contributed by atoms with E-state index in [2.05, 4.69) is 27.7 Å². The molecular weight excluding hydrogens is 292 g/mol. The molecule has 0 aromatic heterocycles. The molecule has 0 fully saturated rings. The summed E-state index contributed by atoms with van der Waals surface area (Å²) in [5.74, 6) is 1.51. The number of ether oxygens (including phenoxy) is 1. The van der Waals surface area contributed by atoms with Crippen LogP contribution < -0.4 is 0 Å². The van der Waals surface area contributed by atoms with Gasteiger partial charge in [-0.3, -0.25) is 0 Å². The van der Waals surface area contributed by atoms with Crippen molar-refractivity contribution in [3.63, 3.8) is 0 Å². The average Bonchev–Trinajstić information content (AvgIpc) is 2.48. The van der Waals surface area contributed by atoms with Crippen molar-refractivity contribution in [3.8, 4) is 0 Å². The summed E-state index contributed by atoms with van der Waals surface area (Å²) in [6, 6.07) is 0. The molecule has 0 saturated heterocycles. The molecule has 0 N–H and O–H groups in total. The summed E-state index contributed by atoms with van der Waals surface area (Å²) in [5, 5.41) is 0. The van der Waals surface area contributed by atoms with Crippen LogP contribution in [0.25, 0.3) is 0 Å². The Labute approximate surface area is 145 Å². The average molecular weight is 333 g/mol. The second-order valence-corrected chi connectivity index (χ2v) is 7.56. The Morgan fingerprint density at radius 2 is 1.27 bits per heavy atom. The first-order valence-corrected chi connectivity index (χ1v) is 10.3. The molecular formula is C20H41ClO. The van der Waals surface area contributed by atoms with E-state index in [1.807, 2.05) is 0 Å². The van der Waals surface area contributed by atoms with Crippen LogP contribution in [0.2, 0.25) is 0 Å². The molecule has 1 nitrogen and oxygen atoms in total. The Balaban J connectivity index is 4.06. The molecule has 1 atom stereocenters. The molecule has 22 heavy (non-hydrogen) atoms. The number of halogens is 1. The van der Waals surface area contributed by atoms with Gasteiger partial charge in [-0.15, -0.1) is 11.6 Å². The van der Waals surface area contributed by atoms with Crippen LogP contribution in [0, 0.1) is 5.92 Å². The van der Waals surface area contributed by atoms with Crippen LogP contribution in [0.15, 0.2) is 0 Å². The lowest BCUT2D eigenvalue weighted by molar-refractivity contribution is -0.0605. The third-order valence-electron chi connectivity index (χ3n) is 4.84.